The number of aromatic nitrogens is 4. The van der Waals surface area contributed by atoms with Crippen LogP contribution >= 0.6 is 0 Å². The molecule has 1 amide bonds. The van der Waals surface area contributed by atoms with Crippen LogP contribution in [-0.4, -0.2) is 50.7 Å². The van der Waals surface area contributed by atoms with Gasteiger partial charge in [0.1, 0.15) is 17.0 Å². The summed E-state index contributed by atoms with van der Waals surface area (Å²) in [6.45, 7) is 5.97. The lowest BCUT2D eigenvalue weighted by Crippen LogP contribution is -2.40. The van der Waals surface area contributed by atoms with Gasteiger partial charge in [0.15, 0.2) is 0 Å². The average Bonchev–Trinajstić information content (AvgIpc) is 3.25. The molecule has 2 aliphatic rings. The molecule has 3 heterocycles. The van der Waals surface area contributed by atoms with E-state index in [1.54, 1.807) is 23.4 Å². The molecule has 0 bridgehead atoms. The fourth-order valence-corrected chi connectivity index (χ4v) is 3.51. The van der Waals surface area contributed by atoms with Crippen molar-refractivity contribution in [3.63, 3.8) is 0 Å². The van der Waals surface area contributed by atoms with Gasteiger partial charge < -0.3 is 14.2 Å². The molecule has 1 saturated carbocycles. The molecule has 0 spiro atoms. The van der Waals surface area contributed by atoms with E-state index in [1.807, 2.05) is 7.05 Å². The molecule has 1 fully saturated rings. The SMILES string of the molecule is Cc1noc(C)c1C(=O)N1Cc2nnn(C)c2[C@H](COCC2CC2)C1. The lowest BCUT2D eigenvalue weighted by atomic mass is 9.98. The normalized spacial score (nSPS) is 20.0. The quantitative estimate of drug-likeness (QED) is 0.818. The van der Waals surface area contributed by atoms with Gasteiger partial charge in [-0.05, 0) is 32.6 Å². The smallest absolute Gasteiger partial charge is 0.259 e. The first-order chi connectivity index (χ1) is 12.0. The van der Waals surface area contributed by atoms with Crippen LogP contribution in [0, 0.1) is 19.8 Å². The number of nitrogens with zero attached hydrogens (tertiary/aromatic N) is 5. The predicted octanol–water partition coefficient (Wildman–Crippen LogP) is 1.59. The number of carbonyl (C=O) groups excluding carboxylic acids is 1. The Hall–Kier alpha value is -2.22. The van der Waals surface area contributed by atoms with E-state index in [9.17, 15) is 4.79 Å². The molecule has 0 N–H and O–H groups in total. The first-order valence-electron chi connectivity index (χ1n) is 8.73. The van der Waals surface area contributed by atoms with E-state index >= 15 is 0 Å². The fourth-order valence-electron chi connectivity index (χ4n) is 3.51. The van der Waals surface area contributed by atoms with Crippen LogP contribution in [0.4, 0.5) is 0 Å². The summed E-state index contributed by atoms with van der Waals surface area (Å²) < 4.78 is 12.9. The van der Waals surface area contributed by atoms with Crippen LogP contribution in [-0.2, 0) is 18.3 Å². The first-order valence-corrected chi connectivity index (χ1v) is 8.73. The van der Waals surface area contributed by atoms with Gasteiger partial charge in [0, 0.05) is 26.1 Å². The highest BCUT2D eigenvalue weighted by Gasteiger charge is 2.35. The van der Waals surface area contributed by atoms with Gasteiger partial charge in [-0.1, -0.05) is 10.4 Å². The van der Waals surface area contributed by atoms with E-state index in [0.717, 1.165) is 18.0 Å². The standard InChI is InChI=1S/C17H23N5O3/c1-10-15(11(2)25-19-10)17(23)22-6-13(9-24-8-12-4-5-12)16-14(7-22)18-20-21(16)3/h12-13H,4-9H2,1-3H3/t13-/m0/s1. The molecule has 1 aliphatic heterocycles. The summed E-state index contributed by atoms with van der Waals surface area (Å²) in [5.74, 6) is 1.27. The Morgan fingerprint density at radius 2 is 2.12 bits per heavy atom. The van der Waals surface area contributed by atoms with Crippen LogP contribution in [0.1, 0.15) is 52.0 Å². The van der Waals surface area contributed by atoms with Gasteiger partial charge in [-0.25, -0.2) is 0 Å². The van der Waals surface area contributed by atoms with Crippen molar-refractivity contribution < 1.29 is 14.1 Å². The van der Waals surface area contributed by atoms with Gasteiger partial charge in [0.25, 0.3) is 5.91 Å². The van der Waals surface area contributed by atoms with E-state index in [1.165, 1.54) is 12.8 Å². The molecule has 2 aromatic rings. The summed E-state index contributed by atoms with van der Waals surface area (Å²) in [6, 6.07) is 0. The van der Waals surface area contributed by atoms with Crippen LogP contribution in [0.3, 0.4) is 0 Å². The van der Waals surface area contributed by atoms with Gasteiger partial charge in [0.05, 0.1) is 24.5 Å². The van der Waals surface area contributed by atoms with E-state index in [2.05, 4.69) is 15.5 Å². The van der Waals surface area contributed by atoms with Crippen molar-refractivity contribution >= 4 is 5.91 Å². The second-order valence-electron chi connectivity index (χ2n) is 7.11. The van der Waals surface area contributed by atoms with Crippen molar-refractivity contribution in [2.45, 2.75) is 39.2 Å². The van der Waals surface area contributed by atoms with Crippen molar-refractivity contribution in [2.24, 2.45) is 13.0 Å². The number of hydrogen-bond acceptors (Lipinski definition) is 6. The maximum absolute atomic E-state index is 13.0. The highest BCUT2D eigenvalue weighted by Crippen LogP contribution is 2.31. The zero-order chi connectivity index (χ0) is 17.6. The zero-order valence-electron chi connectivity index (χ0n) is 14.9. The summed E-state index contributed by atoms with van der Waals surface area (Å²) in [7, 11) is 1.89. The van der Waals surface area contributed by atoms with Gasteiger partial charge >= 0.3 is 0 Å². The van der Waals surface area contributed by atoms with Crippen molar-refractivity contribution in [2.75, 3.05) is 19.8 Å². The first kappa shape index (κ1) is 16.3. The van der Waals surface area contributed by atoms with Crippen LogP contribution < -0.4 is 0 Å². The number of hydrogen-bond donors (Lipinski definition) is 0. The monoisotopic (exact) mass is 345 g/mol. The van der Waals surface area contributed by atoms with E-state index in [4.69, 9.17) is 9.26 Å². The molecule has 1 aliphatic carbocycles. The Bertz CT molecular complexity index is 773. The molecule has 25 heavy (non-hydrogen) atoms. The van der Waals surface area contributed by atoms with Gasteiger partial charge in [-0.2, -0.15) is 0 Å². The minimum absolute atomic E-state index is 0.0697. The van der Waals surface area contributed by atoms with Crippen molar-refractivity contribution in [1.82, 2.24) is 25.1 Å². The van der Waals surface area contributed by atoms with Crippen molar-refractivity contribution in [3.05, 3.63) is 28.4 Å². The third kappa shape index (κ3) is 3.06. The third-order valence-electron chi connectivity index (χ3n) is 5.02. The van der Waals surface area contributed by atoms with E-state index in [-0.39, 0.29) is 11.8 Å². The second kappa shape index (κ2) is 6.25. The highest BCUT2D eigenvalue weighted by atomic mass is 16.5. The molecule has 4 rings (SSSR count). The summed E-state index contributed by atoms with van der Waals surface area (Å²) in [5, 5.41) is 12.3. The minimum atomic E-state index is -0.0697. The van der Waals surface area contributed by atoms with E-state index < -0.39 is 0 Å². The Labute approximate surface area is 146 Å². The molecule has 0 radical (unpaired) electrons. The molecular formula is C17H23N5O3. The summed E-state index contributed by atoms with van der Waals surface area (Å²) in [6.07, 6.45) is 2.53. The number of ether oxygens (including phenoxy) is 1. The Balaban J connectivity index is 1.55. The topological polar surface area (TPSA) is 86.3 Å². The molecule has 1 atom stereocenters. The maximum atomic E-state index is 13.0. The van der Waals surface area contributed by atoms with Gasteiger partial charge in [-0.15, -0.1) is 5.10 Å². The fraction of sp³-hybridized carbons (Fsp3) is 0.647. The van der Waals surface area contributed by atoms with Crippen LogP contribution in [0.5, 0.6) is 0 Å². The number of rotatable bonds is 5. The Kier molecular flexibility index (Phi) is 4.07. The maximum Gasteiger partial charge on any atom is 0.259 e. The lowest BCUT2D eigenvalue weighted by molar-refractivity contribution is 0.0616. The van der Waals surface area contributed by atoms with Crippen LogP contribution in [0.25, 0.3) is 0 Å². The number of fused-ring (bicyclic) bond motifs is 1. The largest absolute Gasteiger partial charge is 0.380 e. The molecule has 2 aromatic heterocycles. The summed E-state index contributed by atoms with van der Waals surface area (Å²) >= 11 is 0. The zero-order valence-corrected chi connectivity index (χ0v) is 14.9. The second-order valence-corrected chi connectivity index (χ2v) is 7.11. The summed E-state index contributed by atoms with van der Waals surface area (Å²) in [4.78, 5) is 14.8. The molecule has 0 aromatic carbocycles. The molecular weight excluding hydrogens is 322 g/mol. The van der Waals surface area contributed by atoms with Gasteiger partial charge in [-0.3, -0.25) is 9.48 Å². The van der Waals surface area contributed by atoms with Crippen LogP contribution in [0.15, 0.2) is 4.52 Å². The predicted molar refractivity (Wildman–Crippen MR) is 88.0 cm³/mol. The summed E-state index contributed by atoms with van der Waals surface area (Å²) in [5.41, 5.74) is 3.08. The third-order valence-corrected chi connectivity index (χ3v) is 5.02. The van der Waals surface area contributed by atoms with Crippen molar-refractivity contribution in [3.8, 4) is 0 Å². The van der Waals surface area contributed by atoms with Crippen molar-refractivity contribution in [1.29, 1.82) is 0 Å². The number of carbonyl (C=O) groups is 1. The molecule has 0 unspecified atom stereocenters. The highest BCUT2D eigenvalue weighted by molar-refractivity contribution is 5.96. The molecule has 8 nitrogen and oxygen atoms in total. The van der Waals surface area contributed by atoms with Gasteiger partial charge in [0.2, 0.25) is 0 Å². The number of aryl methyl sites for hydroxylation is 3. The molecule has 0 saturated heterocycles. The van der Waals surface area contributed by atoms with E-state index in [0.29, 0.717) is 42.6 Å². The lowest BCUT2D eigenvalue weighted by Gasteiger charge is -2.32. The average molecular weight is 345 g/mol. The molecule has 134 valence electrons. The Morgan fingerprint density at radius 1 is 1.32 bits per heavy atom. The Morgan fingerprint density at radius 3 is 2.80 bits per heavy atom. The minimum Gasteiger partial charge on any atom is -0.380 e. The number of amides is 1. The van der Waals surface area contributed by atoms with Crippen LogP contribution in [0.2, 0.25) is 0 Å². The molecule has 8 heteroatoms.